The molecule has 0 radical (unpaired) electrons. The number of carbonyl (C=O) groups excluding carboxylic acids is 2. The fraction of sp³-hybridized carbons (Fsp3) is 0.167. The van der Waals surface area contributed by atoms with Gasteiger partial charge < -0.3 is 19.8 Å². The summed E-state index contributed by atoms with van der Waals surface area (Å²) in [6, 6.07) is 9.61. The van der Waals surface area contributed by atoms with Crippen LogP contribution < -0.4 is 15.4 Å². The zero-order valence-corrected chi connectivity index (χ0v) is 15.1. The second-order valence-electron chi connectivity index (χ2n) is 5.53. The number of furan rings is 1. The zero-order valence-electron chi connectivity index (χ0n) is 14.4. The summed E-state index contributed by atoms with van der Waals surface area (Å²) in [6.07, 6.45) is 4.90. The van der Waals surface area contributed by atoms with Gasteiger partial charge in [0.05, 0.1) is 19.1 Å². The number of hydrogen-bond acceptors (Lipinski definition) is 5. The van der Waals surface area contributed by atoms with Gasteiger partial charge in [-0.3, -0.25) is 14.3 Å². The SMILES string of the molecule is COc1ccc(Cl)cc1NC(=O)C(=O)NC[C@H](c1ccco1)n1cccn1. The van der Waals surface area contributed by atoms with Gasteiger partial charge in [0, 0.05) is 24.0 Å². The molecule has 3 aromatic rings. The van der Waals surface area contributed by atoms with E-state index >= 15 is 0 Å². The Labute approximate surface area is 160 Å². The molecule has 0 bridgehead atoms. The molecule has 0 saturated carbocycles. The number of aromatic nitrogens is 2. The topological polar surface area (TPSA) is 98.4 Å². The summed E-state index contributed by atoms with van der Waals surface area (Å²) in [6.45, 7) is 0.119. The predicted octanol–water partition coefficient (Wildman–Crippen LogP) is 2.48. The van der Waals surface area contributed by atoms with Crippen molar-refractivity contribution in [3.05, 3.63) is 65.8 Å². The summed E-state index contributed by atoms with van der Waals surface area (Å²) in [5.41, 5.74) is 0.305. The van der Waals surface area contributed by atoms with E-state index in [9.17, 15) is 9.59 Å². The van der Waals surface area contributed by atoms with Crippen LogP contribution in [0.1, 0.15) is 11.8 Å². The number of amides is 2. The standard InChI is InChI=1S/C18H17ClN4O4/c1-26-15-6-5-12(19)10-13(15)22-18(25)17(24)20-11-14(16-4-2-9-27-16)23-8-3-7-21-23/h2-10,14H,11H2,1H3,(H,20,24)(H,22,25)/t14-/m1/s1. The van der Waals surface area contributed by atoms with E-state index < -0.39 is 11.8 Å². The van der Waals surface area contributed by atoms with Gasteiger partial charge in [-0.2, -0.15) is 5.10 Å². The van der Waals surface area contributed by atoms with Gasteiger partial charge in [0.1, 0.15) is 17.6 Å². The van der Waals surface area contributed by atoms with E-state index in [1.54, 1.807) is 47.4 Å². The Morgan fingerprint density at radius 3 is 2.81 bits per heavy atom. The molecule has 1 aromatic carbocycles. The number of halogens is 1. The summed E-state index contributed by atoms with van der Waals surface area (Å²) in [5.74, 6) is -0.642. The number of nitrogens with one attached hydrogen (secondary N) is 2. The third kappa shape index (κ3) is 4.48. The van der Waals surface area contributed by atoms with Crippen molar-refractivity contribution in [3.8, 4) is 5.75 Å². The van der Waals surface area contributed by atoms with Gasteiger partial charge in [0.15, 0.2) is 0 Å². The monoisotopic (exact) mass is 388 g/mol. The van der Waals surface area contributed by atoms with Crippen molar-refractivity contribution in [2.24, 2.45) is 0 Å². The lowest BCUT2D eigenvalue weighted by atomic mass is 10.2. The van der Waals surface area contributed by atoms with Gasteiger partial charge in [0.2, 0.25) is 0 Å². The van der Waals surface area contributed by atoms with Crippen molar-refractivity contribution in [1.82, 2.24) is 15.1 Å². The summed E-state index contributed by atoms with van der Waals surface area (Å²) < 4.78 is 12.2. The number of hydrogen-bond donors (Lipinski definition) is 2. The normalized spacial score (nSPS) is 11.6. The number of rotatable bonds is 6. The van der Waals surface area contributed by atoms with Crippen LogP contribution in [-0.4, -0.2) is 35.2 Å². The molecule has 0 spiro atoms. The Kier molecular flexibility index (Phi) is 5.77. The van der Waals surface area contributed by atoms with Crippen LogP contribution in [-0.2, 0) is 9.59 Å². The molecule has 2 amide bonds. The maximum absolute atomic E-state index is 12.2. The average molecular weight is 389 g/mol. The smallest absolute Gasteiger partial charge is 0.313 e. The van der Waals surface area contributed by atoms with Gasteiger partial charge in [-0.25, -0.2) is 0 Å². The predicted molar refractivity (Wildman–Crippen MR) is 98.7 cm³/mol. The molecule has 3 rings (SSSR count). The van der Waals surface area contributed by atoms with Crippen molar-refractivity contribution < 1.29 is 18.7 Å². The van der Waals surface area contributed by atoms with E-state index in [4.69, 9.17) is 20.8 Å². The highest BCUT2D eigenvalue weighted by molar-refractivity contribution is 6.40. The van der Waals surface area contributed by atoms with Gasteiger partial charge in [0.25, 0.3) is 0 Å². The second kappa shape index (κ2) is 8.41. The number of methoxy groups -OCH3 is 1. The first-order valence-electron chi connectivity index (χ1n) is 8.03. The molecular weight excluding hydrogens is 372 g/mol. The van der Waals surface area contributed by atoms with Crippen LogP contribution in [0.3, 0.4) is 0 Å². The largest absolute Gasteiger partial charge is 0.495 e. The molecule has 1 atom stereocenters. The second-order valence-corrected chi connectivity index (χ2v) is 5.96. The molecule has 9 heteroatoms. The van der Waals surface area contributed by atoms with Gasteiger partial charge in [-0.05, 0) is 36.4 Å². The van der Waals surface area contributed by atoms with Crippen LogP contribution >= 0.6 is 11.6 Å². The summed E-state index contributed by atoms with van der Waals surface area (Å²) in [7, 11) is 1.46. The first-order valence-corrected chi connectivity index (χ1v) is 8.41. The summed E-state index contributed by atoms with van der Waals surface area (Å²) in [4.78, 5) is 24.4. The Morgan fingerprint density at radius 1 is 1.30 bits per heavy atom. The highest BCUT2D eigenvalue weighted by Crippen LogP contribution is 2.27. The lowest BCUT2D eigenvalue weighted by Gasteiger charge is -2.16. The molecule has 2 N–H and O–H groups in total. The zero-order chi connectivity index (χ0) is 19.2. The fourth-order valence-corrected chi connectivity index (χ4v) is 2.67. The minimum Gasteiger partial charge on any atom is -0.495 e. The van der Waals surface area contributed by atoms with E-state index in [1.165, 1.54) is 19.4 Å². The van der Waals surface area contributed by atoms with Crippen molar-refractivity contribution in [1.29, 1.82) is 0 Å². The molecule has 8 nitrogen and oxygen atoms in total. The molecule has 0 aliphatic rings. The van der Waals surface area contributed by atoms with Crippen molar-refractivity contribution in [3.63, 3.8) is 0 Å². The van der Waals surface area contributed by atoms with Crippen LogP contribution in [0.4, 0.5) is 5.69 Å². The van der Waals surface area contributed by atoms with Crippen LogP contribution in [0.25, 0.3) is 0 Å². The van der Waals surface area contributed by atoms with E-state index in [0.717, 1.165) is 0 Å². The summed E-state index contributed by atoms with van der Waals surface area (Å²) >= 11 is 5.93. The highest BCUT2D eigenvalue weighted by atomic mass is 35.5. The van der Waals surface area contributed by atoms with Gasteiger partial charge >= 0.3 is 11.8 Å². The Bertz CT molecular complexity index is 875. The summed E-state index contributed by atoms with van der Waals surface area (Å²) in [5, 5.41) is 9.65. The minimum atomic E-state index is -0.839. The minimum absolute atomic E-state index is 0.119. The molecule has 2 heterocycles. The van der Waals surface area contributed by atoms with Crippen molar-refractivity contribution in [2.75, 3.05) is 19.0 Å². The van der Waals surface area contributed by atoms with Gasteiger partial charge in [-0.1, -0.05) is 11.6 Å². The molecular formula is C18H17ClN4O4. The van der Waals surface area contributed by atoms with Crippen LogP contribution in [0.15, 0.2) is 59.5 Å². The average Bonchev–Trinajstić information content (AvgIpc) is 3.36. The first-order chi connectivity index (χ1) is 13.1. The molecule has 2 aromatic heterocycles. The number of ether oxygens (including phenoxy) is 1. The maximum Gasteiger partial charge on any atom is 0.313 e. The van der Waals surface area contributed by atoms with E-state index in [-0.39, 0.29) is 12.6 Å². The third-order valence-electron chi connectivity index (χ3n) is 3.79. The Morgan fingerprint density at radius 2 is 2.15 bits per heavy atom. The van der Waals surface area contributed by atoms with Crippen LogP contribution in [0, 0.1) is 0 Å². The van der Waals surface area contributed by atoms with E-state index in [0.29, 0.717) is 22.2 Å². The molecule has 0 fully saturated rings. The molecule has 27 heavy (non-hydrogen) atoms. The molecule has 0 aliphatic heterocycles. The molecule has 0 saturated heterocycles. The van der Waals surface area contributed by atoms with Crippen LogP contribution in [0.2, 0.25) is 5.02 Å². The Balaban J connectivity index is 1.66. The Hall–Kier alpha value is -3.26. The van der Waals surface area contributed by atoms with Crippen molar-refractivity contribution >= 4 is 29.1 Å². The number of benzene rings is 1. The van der Waals surface area contributed by atoms with Crippen LogP contribution in [0.5, 0.6) is 5.75 Å². The highest BCUT2D eigenvalue weighted by Gasteiger charge is 2.21. The van der Waals surface area contributed by atoms with Gasteiger partial charge in [-0.15, -0.1) is 0 Å². The van der Waals surface area contributed by atoms with E-state index in [1.807, 2.05) is 0 Å². The lowest BCUT2D eigenvalue weighted by molar-refractivity contribution is -0.136. The van der Waals surface area contributed by atoms with E-state index in [2.05, 4.69) is 15.7 Å². The number of anilines is 1. The number of carbonyl (C=O) groups is 2. The maximum atomic E-state index is 12.2. The molecule has 0 unspecified atom stereocenters. The first kappa shape index (κ1) is 18.5. The fourth-order valence-electron chi connectivity index (χ4n) is 2.50. The quantitative estimate of drug-likeness (QED) is 0.632. The molecule has 140 valence electrons. The third-order valence-corrected chi connectivity index (χ3v) is 4.02. The molecule has 0 aliphatic carbocycles. The van der Waals surface area contributed by atoms with Crippen molar-refractivity contribution in [2.45, 2.75) is 6.04 Å². The lowest BCUT2D eigenvalue weighted by Crippen LogP contribution is -2.39. The number of nitrogens with zero attached hydrogens (tertiary/aromatic N) is 2.